The number of alkyl halides is 1. The van der Waals surface area contributed by atoms with E-state index in [1.807, 2.05) is 65.2 Å². The second-order valence-corrected chi connectivity index (χ2v) is 7.89. The highest BCUT2D eigenvalue weighted by Gasteiger charge is 2.27. The third-order valence-electron chi connectivity index (χ3n) is 5.44. The molecule has 0 bridgehead atoms. The van der Waals surface area contributed by atoms with Crippen LogP contribution in [0.3, 0.4) is 0 Å². The Hall–Kier alpha value is -3.37. The van der Waals surface area contributed by atoms with E-state index in [1.54, 1.807) is 18.2 Å². The first-order valence-corrected chi connectivity index (χ1v) is 10.7. The summed E-state index contributed by atoms with van der Waals surface area (Å²) in [6, 6.07) is 24.1. The maximum Gasteiger partial charge on any atom is 0.248 e. The van der Waals surface area contributed by atoms with Gasteiger partial charge in [-0.05, 0) is 24.1 Å². The number of benzene rings is 3. The highest BCUT2D eigenvalue weighted by atomic mass is 35.5. The summed E-state index contributed by atoms with van der Waals surface area (Å²) in [5, 5.41) is 0.767. The number of hydrogen-bond acceptors (Lipinski definition) is 2. The lowest BCUT2D eigenvalue weighted by Gasteiger charge is -2.18. The molecule has 0 fully saturated rings. The Labute approximate surface area is 186 Å². The second-order valence-electron chi connectivity index (χ2n) is 7.48. The van der Waals surface area contributed by atoms with Crippen molar-refractivity contribution in [2.24, 2.45) is 5.73 Å². The summed E-state index contributed by atoms with van der Waals surface area (Å²) < 4.78 is 1.97. The van der Waals surface area contributed by atoms with E-state index in [4.69, 9.17) is 17.3 Å². The Bertz CT molecular complexity index is 1250. The molecule has 1 aromatic heterocycles. The fourth-order valence-electron chi connectivity index (χ4n) is 4.01. The molecular formula is C26H23ClN2O2. The van der Waals surface area contributed by atoms with Gasteiger partial charge in [-0.3, -0.25) is 9.59 Å². The molecule has 1 atom stereocenters. The van der Waals surface area contributed by atoms with Gasteiger partial charge in [0.1, 0.15) is 5.50 Å². The predicted molar refractivity (Wildman–Crippen MR) is 125 cm³/mol. The number of carbonyl (C=O) groups excluding carboxylic acids is 2. The number of halogens is 1. The molecule has 3 aromatic carbocycles. The molecule has 31 heavy (non-hydrogen) atoms. The van der Waals surface area contributed by atoms with Crippen molar-refractivity contribution in [3.63, 3.8) is 0 Å². The topological polar surface area (TPSA) is 65.1 Å². The number of aromatic nitrogens is 1. The van der Waals surface area contributed by atoms with Crippen molar-refractivity contribution < 1.29 is 9.59 Å². The molecule has 0 spiro atoms. The normalized spacial score (nSPS) is 12.1. The van der Waals surface area contributed by atoms with Crippen molar-refractivity contribution in [2.75, 3.05) is 0 Å². The fourth-order valence-corrected chi connectivity index (χ4v) is 4.37. The first kappa shape index (κ1) is 20.9. The number of ketones is 1. The molecule has 1 unspecified atom stereocenters. The van der Waals surface area contributed by atoms with Crippen LogP contribution < -0.4 is 5.73 Å². The molecule has 2 N–H and O–H groups in total. The van der Waals surface area contributed by atoms with Crippen LogP contribution in [0.2, 0.25) is 0 Å². The van der Waals surface area contributed by atoms with E-state index in [9.17, 15) is 9.59 Å². The molecule has 0 radical (unpaired) electrons. The van der Waals surface area contributed by atoms with Gasteiger partial charge in [-0.15, -0.1) is 0 Å². The average molecular weight is 431 g/mol. The molecule has 0 saturated heterocycles. The van der Waals surface area contributed by atoms with Crippen molar-refractivity contribution in [1.29, 1.82) is 0 Å². The zero-order valence-electron chi connectivity index (χ0n) is 17.2. The number of primary amides is 1. The molecule has 5 heteroatoms. The Morgan fingerprint density at radius 2 is 1.58 bits per heavy atom. The zero-order valence-corrected chi connectivity index (χ0v) is 18.0. The molecule has 0 saturated carbocycles. The first-order chi connectivity index (χ1) is 15.0. The minimum atomic E-state index is -0.536. The summed E-state index contributed by atoms with van der Waals surface area (Å²) in [7, 11) is 0. The van der Waals surface area contributed by atoms with Crippen LogP contribution in [0.1, 0.15) is 56.4 Å². The number of hydrogen-bond donors (Lipinski definition) is 1. The van der Waals surface area contributed by atoms with Gasteiger partial charge in [-0.1, -0.05) is 91.7 Å². The maximum atomic E-state index is 13.6. The summed E-state index contributed by atoms with van der Waals surface area (Å²) >= 11 is 6.98. The Morgan fingerprint density at radius 1 is 0.935 bits per heavy atom. The van der Waals surface area contributed by atoms with Crippen molar-refractivity contribution in [3.8, 4) is 0 Å². The van der Waals surface area contributed by atoms with E-state index in [1.165, 1.54) is 0 Å². The van der Waals surface area contributed by atoms with E-state index in [0.717, 1.165) is 28.6 Å². The third kappa shape index (κ3) is 3.87. The molecule has 156 valence electrons. The molecular weight excluding hydrogens is 408 g/mol. The van der Waals surface area contributed by atoms with Gasteiger partial charge in [-0.25, -0.2) is 0 Å². The lowest BCUT2D eigenvalue weighted by atomic mass is 9.98. The quantitative estimate of drug-likeness (QED) is 0.301. The second kappa shape index (κ2) is 8.78. The van der Waals surface area contributed by atoms with E-state index in [0.29, 0.717) is 23.1 Å². The van der Waals surface area contributed by atoms with E-state index in [2.05, 4.69) is 6.92 Å². The average Bonchev–Trinajstić information content (AvgIpc) is 3.12. The van der Waals surface area contributed by atoms with Gasteiger partial charge in [0.25, 0.3) is 0 Å². The molecule has 0 aliphatic rings. The van der Waals surface area contributed by atoms with Crippen molar-refractivity contribution >= 4 is 34.2 Å². The minimum Gasteiger partial charge on any atom is -0.366 e. The molecule has 4 nitrogen and oxygen atoms in total. The number of nitrogens with two attached hydrogens (primary N) is 1. The molecule has 4 aromatic rings. The largest absolute Gasteiger partial charge is 0.366 e. The van der Waals surface area contributed by atoms with Gasteiger partial charge in [0.15, 0.2) is 5.78 Å². The summed E-state index contributed by atoms with van der Waals surface area (Å²) in [6.45, 7) is 2.07. The summed E-state index contributed by atoms with van der Waals surface area (Å²) in [4.78, 5) is 25.5. The van der Waals surface area contributed by atoms with Crippen LogP contribution in [0.5, 0.6) is 0 Å². The molecule has 0 aliphatic heterocycles. The predicted octanol–water partition coefficient (Wildman–Crippen LogP) is 5.71. The molecule has 1 amide bonds. The van der Waals surface area contributed by atoms with Crippen molar-refractivity contribution in [3.05, 3.63) is 107 Å². The summed E-state index contributed by atoms with van der Waals surface area (Å²) in [5.41, 5.74) is 9.12. The number of amides is 1. The highest BCUT2D eigenvalue weighted by Crippen LogP contribution is 2.36. The van der Waals surface area contributed by atoms with Crippen LogP contribution in [0.15, 0.2) is 78.9 Å². The van der Waals surface area contributed by atoms with E-state index < -0.39 is 11.4 Å². The Kier molecular flexibility index (Phi) is 5.92. The summed E-state index contributed by atoms with van der Waals surface area (Å²) in [6.07, 6.45) is 1.51. The van der Waals surface area contributed by atoms with Gasteiger partial charge in [0.2, 0.25) is 5.91 Å². The zero-order chi connectivity index (χ0) is 22.0. The summed E-state index contributed by atoms with van der Waals surface area (Å²) in [5.74, 6) is -0.579. The van der Waals surface area contributed by atoms with Crippen molar-refractivity contribution in [1.82, 2.24) is 4.57 Å². The minimum absolute atomic E-state index is 0.0587. The van der Waals surface area contributed by atoms with Crippen LogP contribution >= 0.6 is 11.6 Å². The Morgan fingerprint density at radius 3 is 2.19 bits per heavy atom. The van der Waals surface area contributed by atoms with Gasteiger partial charge >= 0.3 is 0 Å². The number of rotatable bonds is 7. The lowest BCUT2D eigenvalue weighted by molar-refractivity contribution is 0.0998. The standard InChI is InChI=1S/C26H23ClN2O2/c1-2-9-21-23(24(30)17-10-5-3-6-11-17)20-15-14-19(26(28)31)16-22(20)29(21)25(27)18-12-7-4-8-13-18/h3-8,10-16,25H,2,9H2,1H3,(H2,28,31). The monoisotopic (exact) mass is 430 g/mol. The maximum absolute atomic E-state index is 13.6. The van der Waals surface area contributed by atoms with Crippen LogP contribution in [0, 0.1) is 0 Å². The van der Waals surface area contributed by atoms with Crippen LogP contribution in [-0.4, -0.2) is 16.3 Å². The van der Waals surface area contributed by atoms with Gasteiger partial charge < -0.3 is 10.3 Å². The Balaban J connectivity index is 2.04. The first-order valence-electron chi connectivity index (χ1n) is 10.3. The van der Waals surface area contributed by atoms with E-state index in [-0.39, 0.29) is 5.78 Å². The molecule has 1 heterocycles. The molecule has 4 rings (SSSR count). The van der Waals surface area contributed by atoms with Crippen LogP contribution in [-0.2, 0) is 6.42 Å². The van der Waals surface area contributed by atoms with Crippen LogP contribution in [0.25, 0.3) is 10.9 Å². The van der Waals surface area contributed by atoms with Crippen LogP contribution in [0.4, 0.5) is 0 Å². The molecule has 0 aliphatic carbocycles. The highest BCUT2D eigenvalue weighted by molar-refractivity contribution is 6.22. The fraction of sp³-hybridized carbons (Fsp3) is 0.154. The smallest absolute Gasteiger partial charge is 0.248 e. The van der Waals surface area contributed by atoms with Gasteiger partial charge in [0, 0.05) is 22.2 Å². The van der Waals surface area contributed by atoms with E-state index >= 15 is 0 Å². The van der Waals surface area contributed by atoms with Gasteiger partial charge in [0.05, 0.1) is 11.1 Å². The number of fused-ring (bicyclic) bond motifs is 1. The SMILES string of the molecule is CCCc1c(C(=O)c2ccccc2)c2ccc(C(N)=O)cc2n1C(Cl)c1ccccc1. The number of carbonyl (C=O) groups is 2. The third-order valence-corrected chi connectivity index (χ3v) is 5.89. The number of nitrogens with zero attached hydrogens (tertiary/aromatic N) is 1. The van der Waals surface area contributed by atoms with Gasteiger partial charge in [-0.2, -0.15) is 0 Å². The lowest BCUT2D eigenvalue weighted by Crippen LogP contribution is -2.12. The van der Waals surface area contributed by atoms with Crippen molar-refractivity contribution in [2.45, 2.75) is 25.3 Å².